The van der Waals surface area contributed by atoms with Crippen molar-refractivity contribution in [2.45, 2.75) is 33.7 Å². The number of anilines is 1. The number of nitrogens with one attached hydrogen (secondary N) is 1. The molecule has 3 N–H and O–H groups in total. The molecule has 1 aromatic heterocycles. The van der Waals surface area contributed by atoms with Gasteiger partial charge in [0.1, 0.15) is 11.5 Å². The molecule has 0 fully saturated rings. The molecule has 5 nitrogen and oxygen atoms in total. The van der Waals surface area contributed by atoms with E-state index in [2.05, 4.69) is 30.7 Å². The van der Waals surface area contributed by atoms with Crippen molar-refractivity contribution >= 4 is 11.8 Å². The van der Waals surface area contributed by atoms with Crippen LogP contribution in [0.25, 0.3) is 0 Å². The van der Waals surface area contributed by atoms with Crippen molar-refractivity contribution < 1.29 is 0 Å². The van der Waals surface area contributed by atoms with E-state index in [1.54, 1.807) is 6.07 Å². The summed E-state index contributed by atoms with van der Waals surface area (Å²) in [4.78, 5) is 10.7. The van der Waals surface area contributed by atoms with Crippen molar-refractivity contribution in [1.29, 1.82) is 5.41 Å². The van der Waals surface area contributed by atoms with Gasteiger partial charge in [0.2, 0.25) is 5.95 Å². The Labute approximate surface area is 103 Å². The molecule has 0 saturated carbocycles. The van der Waals surface area contributed by atoms with Gasteiger partial charge in [-0.2, -0.15) is 0 Å². The molecule has 0 bridgehead atoms. The van der Waals surface area contributed by atoms with Gasteiger partial charge < -0.3 is 10.6 Å². The third-order valence-electron chi connectivity index (χ3n) is 3.01. The monoisotopic (exact) mass is 235 g/mol. The maximum Gasteiger partial charge on any atom is 0.226 e. The number of aromatic nitrogens is 2. The standard InChI is InChI=1S/C12H21N5/c1-7(2)9(4)17(5)12-15-8(3)6-10(16-12)11(13)14/h6-7,9H,1-5H3,(H3,13,14). The summed E-state index contributed by atoms with van der Waals surface area (Å²) >= 11 is 0. The Bertz CT molecular complexity index is 413. The van der Waals surface area contributed by atoms with E-state index in [4.69, 9.17) is 11.1 Å². The SMILES string of the molecule is Cc1cc(C(=N)N)nc(N(C)C(C)C(C)C)n1. The fourth-order valence-electron chi connectivity index (χ4n) is 1.48. The molecule has 0 aromatic carbocycles. The number of amidine groups is 1. The summed E-state index contributed by atoms with van der Waals surface area (Å²) in [6.45, 7) is 8.32. The summed E-state index contributed by atoms with van der Waals surface area (Å²) in [7, 11) is 1.96. The molecule has 5 heteroatoms. The number of hydrogen-bond donors (Lipinski definition) is 2. The first kappa shape index (κ1) is 13.4. The zero-order valence-corrected chi connectivity index (χ0v) is 11.2. The van der Waals surface area contributed by atoms with Gasteiger partial charge in [-0.25, -0.2) is 9.97 Å². The fourth-order valence-corrected chi connectivity index (χ4v) is 1.48. The molecule has 1 aromatic rings. The summed E-state index contributed by atoms with van der Waals surface area (Å²) in [6, 6.07) is 2.05. The summed E-state index contributed by atoms with van der Waals surface area (Å²) in [5, 5.41) is 7.43. The lowest BCUT2D eigenvalue weighted by Gasteiger charge is -2.28. The van der Waals surface area contributed by atoms with Crippen LogP contribution in [0.1, 0.15) is 32.2 Å². The zero-order valence-electron chi connectivity index (χ0n) is 11.2. The Hall–Kier alpha value is -1.65. The Balaban J connectivity index is 3.09. The minimum atomic E-state index is -0.0256. The molecular formula is C12H21N5. The van der Waals surface area contributed by atoms with E-state index in [1.807, 2.05) is 18.9 Å². The molecule has 0 aliphatic heterocycles. The number of aryl methyl sites for hydroxylation is 1. The zero-order chi connectivity index (χ0) is 13.2. The van der Waals surface area contributed by atoms with Crippen molar-refractivity contribution in [1.82, 2.24) is 9.97 Å². The highest BCUT2D eigenvalue weighted by Gasteiger charge is 2.17. The van der Waals surface area contributed by atoms with Crippen LogP contribution >= 0.6 is 0 Å². The Kier molecular flexibility index (Phi) is 4.04. The summed E-state index contributed by atoms with van der Waals surface area (Å²) in [6.07, 6.45) is 0. The summed E-state index contributed by atoms with van der Waals surface area (Å²) in [5.41, 5.74) is 6.77. The van der Waals surface area contributed by atoms with Crippen LogP contribution in [0.2, 0.25) is 0 Å². The van der Waals surface area contributed by atoms with Crippen LogP contribution in [-0.2, 0) is 0 Å². The molecule has 0 aliphatic carbocycles. The van der Waals surface area contributed by atoms with Crippen LogP contribution in [0.3, 0.4) is 0 Å². The molecule has 17 heavy (non-hydrogen) atoms. The number of rotatable bonds is 4. The smallest absolute Gasteiger partial charge is 0.226 e. The average molecular weight is 235 g/mol. The van der Waals surface area contributed by atoms with E-state index in [1.165, 1.54) is 0 Å². The van der Waals surface area contributed by atoms with Gasteiger partial charge in [-0.3, -0.25) is 5.41 Å². The van der Waals surface area contributed by atoms with E-state index < -0.39 is 0 Å². The molecule has 1 atom stereocenters. The van der Waals surface area contributed by atoms with Gasteiger partial charge in [0, 0.05) is 18.8 Å². The van der Waals surface area contributed by atoms with Crippen LogP contribution in [0.4, 0.5) is 5.95 Å². The molecule has 0 radical (unpaired) electrons. The van der Waals surface area contributed by atoms with E-state index >= 15 is 0 Å². The first-order valence-electron chi connectivity index (χ1n) is 5.75. The molecule has 0 spiro atoms. The van der Waals surface area contributed by atoms with Gasteiger partial charge >= 0.3 is 0 Å². The molecule has 1 heterocycles. The summed E-state index contributed by atoms with van der Waals surface area (Å²) < 4.78 is 0. The predicted octanol–water partition coefficient (Wildman–Crippen LogP) is 1.55. The number of nitrogens with zero attached hydrogens (tertiary/aromatic N) is 3. The average Bonchev–Trinajstić information content (AvgIpc) is 2.25. The largest absolute Gasteiger partial charge is 0.382 e. The van der Waals surface area contributed by atoms with Crippen molar-refractivity contribution in [2.75, 3.05) is 11.9 Å². The Morgan fingerprint density at radius 3 is 2.41 bits per heavy atom. The summed E-state index contributed by atoms with van der Waals surface area (Å²) in [5.74, 6) is 1.10. The van der Waals surface area contributed by atoms with Crippen LogP contribution in [-0.4, -0.2) is 28.9 Å². The fraction of sp³-hybridized carbons (Fsp3) is 0.583. The lowest BCUT2D eigenvalue weighted by Crippen LogP contribution is -2.35. The first-order valence-corrected chi connectivity index (χ1v) is 5.75. The third kappa shape index (κ3) is 3.15. The van der Waals surface area contributed by atoms with Crippen molar-refractivity contribution in [3.05, 3.63) is 17.5 Å². The minimum Gasteiger partial charge on any atom is -0.382 e. The maximum absolute atomic E-state index is 7.43. The Morgan fingerprint density at radius 1 is 1.35 bits per heavy atom. The van der Waals surface area contributed by atoms with Gasteiger partial charge in [-0.1, -0.05) is 13.8 Å². The van der Waals surface area contributed by atoms with E-state index in [0.717, 1.165) is 5.69 Å². The third-order valence-corrected chi connectivity index (χ3v) is 3.01. The highest BCUT2D eigenvalue weighted by atomic mass is 15.3. The van der Waals surface area contributed by atoms with Crippen LogP contribution < -0.4 is 10.6 Å². The van der Waals surface area contributed by atoms with Gasteiger partial charge in [0.25, 0.3) is 0 Å². The molecule has 1 rings (SSSR count). The second-order valence-corrected chi connectivity index (χ2v) is 4.70. The van der Waals surface area contributed by atoms with Gasteiger partial charge in [-0.15, -0.1) is 0 Å². The highest BCUT2D eigenvalue weighted by Crippen LogP contribution is 2.15. The molecule has 0 amide bonds. The van der Waals surface area contributed by atoms with Gasteiger partial charge in [0.15, 0.2) is 0 Å². The topological polar surface area (TPSA) is 78.9 Å². The maximum atomic E-state index is 7.43. The molecule has 0 saturated heterocycles. The van der Waals surface area contributed by atoms with Crippen LogP contribution in [0.15, 0.2) is 6.07 Å². The van der Waals surface area contributed by atoms with Crippen molar-refractivity contribution in [2.24, 2.45) is 11.7 Å². The molecule has 0 aliphatic rings. The van der Waals surface area contributed by atoms with E-state index in [0.29, 0.717) is 23.6 Å². The first-order chi connectivity index (χ1) is 7.82. The second kappa shape index (κ2) is 5.12. The van der Waals surface area contributed by atoms with E-state index in [-0.39, 0.29) is 5.84 Å². The molecule has 94 valence electrons. The number of hydrogen-bond acceptors (Lipinski definition) is 4. The van der Waals surface area contributed by atoms with Crippen molar-refractivity contribution in [3.8, 4) is 0 Å². The van der Waals surface area contributed by atoms with Gasteiger partial charge in [-0.05, 0) is 25.8 Å². The van der Waals surface area contributed by atoms with Crippen molar-refractivity contribution in [3.63, 3.8) is 0 Å². The normalized spacial score (nSPS) is 12.6. The Morgan fingerprint density at radius 2 is 1.94 bits per heavy atom. The highest BCUT2D eigenvalue weighted by molar-refractivity contribution is 5.93. The lowest BCUT2D eigenvalue weighted by atomic mass is 10.1. The van der Waals surface area contributed by atoms with E-state index in [9.17, 15) is 0 Å². The van der Waals surface area contributed by atoms with Crippen LogP contribution in [0.5, 0.6) is 0 Å². The number of nitrogens with two attached hydrogens (primary N) is 1. The van der Waals surface area contributed by atoms with Crippen LogP contribution in [0, 0.1) is 18.3 Å². The molecule has 1 unspecified atom stereocenters. The van der Waals surface area contributed by atoms with Gasteiger partial charge in [0.05, 0.1) is 0 Å². The minimum absolute atomic E-state index is 0.0256. The quantitative estimate of drug-likeness (QED) is 0.613. The predicted molar refractivity (Wildman–Crippen MR) is 70.5 cm³/mol. The second-order valence-electron chi connectivity index (χ2n) is 4.70. The molecular weight excluding hydrogens is 214 g/mol. The lowest BCUT2D eigenvalue weighted by molar-refractivity contribution is 0.499. The number of nitrogen functional groups attached to an aromatic ring is 1.